The van der Waals surface area contributed by atoms with Crippen LogP contribution in [0.4, 0.5) is 0 Å². The summed E-state index contributed by atoms with van der Waals surface area (Å²) < 4.78 is 1.89. The maximum Gasteiger partial charge on any atom is 0.223 e. The number of benzene rings is 6. The molecule has 8 aromatic rings. The van der Waals surface area contributed by atoms with Crippen LogP contribution < -0.4 is 9.46 Å². The second-order valence-corrected chi connectivity index (χ2v) is 21.0. The number of fused-ring (bicyclic) bond motifs is 10. The first-order valence-electron chi connectivity index (χ1n) is 23.7. The molecule has 0 amide bonds. The Bertz CT molecular complexity index is 2910. The molecule has 17 heteroatoms. The van der Waals surface area contributed by atoms with E-state index in [1.165, 1.54) is 26.2 Å². The van der Waals surface area contributed by atoms with Gasteiger partial charge in [0.15, 0.2) is 12.4 Å². The number of carbonyl (C=O) groups is 1. The Labute approximate surface area is 462 Å². The van der Waals surface area contributed by atoms with Gasteiger partial charge in [-0.05, 0) is 152 Å². The number of halogens is 4. The maximum absolute atomic E-state index is 11.5. The van der Waals surface area contributed by atoms with Crippen LogP contribution in [-0.4, -0.2) is 46.6 Å². The summed E-state index contributed by atoms with van der Waals surface area (Å²) in [5, 5.41) is 116. The molecule has 8 bridgehead atoms. The van der Waals surface area contributed by atoms with Gasteiger partial charge in [-0.3, -0.25) is 0 Å². The lowest BCUT2D eigenvalue weighted by molar-refractivity contribution is -0.577. The van der Waals surface area contributed by atoms with Crippen molar-refractivity contribution in [3.05, 3.63) is 182 Å². The highest BCUT2D eigenvalue weighted by atomic mass is 79.9. The van der Waals surface area contributed by atoms with Crippen LogP contribution in [0, 0.1) is 10.4 Å². The highest BCUT2D eigenvalue weighted by Crippen LogP contribution is 2.57. The highest BCUT2D eigenvalue weighted by Gasteiger charge is 2.35. The smallest absolute Gasteiger partial charge is 0.223 e. The van der Waals surface area contributed by atoms with Crippen LogP contribution >= 0.6 is 63.7 Å². The van der Waals surface area contributed by atoms with E-state index >= 15 is 0 Å². The Morgan fingerprint density at radius 1 is 0.405 bits per heavy atom. The minimum Gasteiger partial charge on any atom is -0.618 e. The number of hydrogen-bond acceptors (Lipinski definition) is 11. The van der Waals surface area contributed by atoms with Crippen LogP contribution in [0.2, 0.25) is 0 Å². The first kappa shape index (κ1) is 57.0. The van der Waals surface area contributed by atoms with Crippen molar-refractivity contribution in [1.29, 1.82) is 0 Å². The molecular weight excluding hydrogens is 1210 g/mol. The number of hydrogen-bond donors (Lipinski definition) is 8. The average molecular weight is 1260 g/mol. The molecule has 1 aliphatic rings. The molecule has 74 heavy (non-hydrogen) atoms. The Balaban J connectivity index is 0.000000274. The van der Waals surface area contributed by atoms with E-state index in [1.807, 2.05) is 88.4 Å². The number of rotatable bonds is 4. The van der Waals surface area contributed by atoms with E-state index in [0.717, 1.165) is 31.3 Å². The van der Waals surface area contributed by atoms with Gasteiger partial charge < -0.3 is 56.1 Å². The molecule has 8 N–H and O–H groups in total. The van der Waals surface area contributed by atoms with Crippen molar-refractivity contribution >= 4 is 91.3 Å². The number of nitrogens with zero attached hydrogens (tertiary/aromatic N) is 2. The van der Waals surface area contributed by atoms with Crippen molar-refractivity contribution in [3.63, 3.8) is 0 Å². The van der Waals surface area contributed by atoms with Crippen LogP contribution in [0.3, 0.4) is 0 Å². The van der Waals surface area contributed by atoms with Crippen LogP contribution in [-0.2, 0) is 4.79 Å². The zero-order valence-electron chi connectivity index (χ0n) is 41.2. The van der Waals surface area contributed by atoms with E-state index in [4.69, 9.17) is 0 Å². The number of carbonyl (C=O) groups excluding carboxylic acids is 1. The Morgan fingerprint density at radius 3 is 0.784 bits per heavy atom. The molecule has 6 aromatic carbocycles. The molecule has 0 radical (unpaired) electrons. The molecule has 0 saturated heterocycles. The van der Waals surface area contributed by atoms with E-state index in [2.05, 4.69) is 63.7 Å². The lowest BCUT2D eigenvalue weighted by Crippen LogP contribution is -2.25. The predicted molar refractivity (Wildman–Crippen MR) is 301 cm³/mol. The van der Waals surface area contributed by atoms with Crippen molar-refractivity contribution in [3.8, 4) is 46.0 Å². The molecule has 1 aliphatic carbocycles. The summed E-state index contributed by atoms with van der Waals surface area (Å²) in [4.78, 5) is 9.44. The largest absolute Gasteiger partial charge is 0.618 e. The third-order valence-corrected chi connectivity index (χ3v) is 16.1. The first-order chi connectivity index (χ1) is 35.1. The summed E-state index contributed by atoms with van der Waals surface area (Å²) in [6.45, 7) is 10.6. The zero-order valence-corrected chi connectivity index (χ0v) is 47.6. The monoisotopic (exact) mass is 1260 g/mol. The van der Waals surface area contributed by atoms with Gasteiger partial charge in [-0.2, -0.15) is 9.46 Å². The summed E-state index contributed by atoms with van der Waals surface area (Å²) in [6.07, 6.45) is 4.56. The standard InChI is InChI=1S/C36H36Br4O8.2C9H7NO.C3H6O/c1-5-13-17-9-19(31(43)25(37)29(17)41)14(6-2)21-11-23(35(47)27(39)33(21)45)16(8-4)24-12-22(34(46)28(40)36(24)48)15(7-3)20-10-18(13)30(42)26(38)32(20)44;2*11-10-7-3-5-8-4-1-2-6-9(8)10;1-3(2)4/h9-16,41-48H,5-8H2,1-4H3;2*1-7H;1-2H3. The molecule has 0 spiro atoms. The van der Waals surface area contributed by atoms with Gasteiger partial charge in [-0.1, -0.05) is 52.0 Å². The van der Waals surface area contributed by atoms with Gasteiger partial charge >= 0.3 is 0 Å². The van der Waals surface area contributed by atoms with Crippen molar-refractivity contribution in [1.82, 2.24) is 0 Å². The van der Waals surface area contributed by atoms with Crippen molar-refractivity contribution < 1.29 is 55.1 Å². The Morgan fingerprint density at radius 2 is 0.595 bits per heavy atom. The lowest BCUT2D eigenvalue weighted by atomic mass is 9.77. The number of para-hydroxylation sites is 2. The summed E-state index contributed by atoms with van der Waals surface area (Å²) in [5.41, 5.74) is 4.52. The normalized spacial score (nSPS) is 15.7. The quantitative estimate of drug-likeness (QED) is 0.0610. The van der Waals surface area contributed by atoms with Gasteiger partial charge in [0.2, 0.25) is 11.0 Å². The van der Waals surface area contributed by atoms with E-state index in [0.29, 0.717) is 70.2 Å². The van der Waals surface area contributed by atoms with Crippen LogP contribution in [0.25, 0.3) is 21.8 Å². The second-order valence-electron chi connectivity index (χ2n) is 17.8. The van der Waals surface area contributed by atoms with E-state index < -0.39 is 23.7 Å². The number of aromatic nitrogens is 2. The summed E-state index contributed by atoms with van der Waals surface area (Å²) in [7, 11) is 0. The second kappa shape index (κ2) is 24.4. The molecule has 388 valence electrons. The van der Waals surface area contributed by atoms with E-state index in [1.54, 1.807) is 36.4 Å². The van der Waals surface area contributed by atoms with Crippen molar-refractivity contribution in [2.75, 3.05) is 0 Å². The fourth-order valence-corrected chi connectivity index (χ4v) is 11.3. The minimum atomic E-state index is -0.643. The number of aromatic hydroxyl groups is 8. The highest BCUT2D eigenvalue weighted by molar-refractivity contribution is 9.11. The fourth-order valence-electron chi connectivity index (χ4n) is 9.50. The zero-order chi connectivity index (χ0) is 54.5. The fraction of sp³-hybridized carbons (Fsp3) is 0.246. The van der Waals surface area contributed by atoms with Gasteiger partial charge in [-0.15, -0.1) is 0 Å². The summed E-state index contributed by atoms with van der Waals surface area (Å²) >= 11 is 13.5. The van der Waals surface area contributed by atoms with Crippen molar-refractivity contribution in [2.45, 2.75) is 90.9 Å². The van der Waals surface area contributed by atoms with Gasteiger partial charge in [-0.25, -0.2) is 0 Å². The van der Waals surface area contributed by atoms with Gasteiger partial charge in [0.1, 0.15) is 69.7 Å². The summed E-state index contributed by atoms with van der Waals surface area (Å²) in [5.74, 6) is -4.27. The molecule has 0 aliphatic heterocycles. The molecular formula is C57H56Br4N2O11. The third kappa shape index (κ3) is 11.4. The van der Waals surface area contributed by atoms with Crippen LogP contribution in [0.1, 0.15) is 135 Å². The number of phenolic OH excluding ortho intramolecular Hbond substituents is 8. The summed E-state index contributed by atoms with van der Waals surface area (Å²) in [6, 6.07) is 29.0. The number of ketones is 1. The molecule has 0 saturated carbocycles. The van der Waals surface area contributed by atoms with Gasteiger partial charge in [0.05, 0.1) is 0 Å². The number of phenols is 8. The van der Waals surface area contributed by atoms with Crippen LogP contribution in [0.5, 0.6) is 46.0 Å². The SMILES string of the molecule is CC(C)=O.CCC1c2cc(c(O)c(Br)c2O)C(CC)c2cc(c(O)c(Br)c2O)C(CC)c2cc(c(O)c(Br)c2O)C(CC)c2cc1c(O)c(Br)c2O.[O-][n+]1cccc2ccccc21.[O-][n+]1cccc2ccccc21. The molecule has 2 heterocycles. The molecule has 2 aromatic heterocycles. The Kier molecular flexibility index (Phi) is 18.8. The first-order valence-corrected chi connectivity index (χ1v) is 26.9. The Hall–Kier alpha value is -6.27. The minimum absolute atomic E-state index is 0.0377. The molecule has 0 atom stereocenters. The molecule has 0 fully saturated rings. The predicted octanol–water partition coefficient (Wildman–Crippen LogP) is 14.4. The topological polar surface area (TPSA) is 233 Å². The maximum atomic E-state index is 11.5. The van der Waals surface area contributed by atoms with Crippen molar-refractivity contribution in [2.24, 2.45) is 0 Å². The van der Waals surface area contributed by atoms with E-state index in [9.17, 15) is 56.1 Å². The van der Waals surface area contributed by atoms with Gasteiger partial charge in [0, 0.05) is 103 Å². The van der Waals surface area contributed by atoms with Crippen LogP contribution in [0.15, 0.2) is 127 Å². The lowest BCUT2D eigenvalue weighted by Gasteiger charge is -2.29. The number of pyridine rings is 2. The molecule has 13 nitrogen and oxygen atoms in total. The molecule has 9 rings (SSSR count). The third-order valence-electron chi connectivity index (χ3n) is 13.1. The molecule has 0 unspecified atom stereocenters. The number of Topliss-reactive ketones (excluding diaryl/α,β-unsaturated/α-hetero) is 1. The average Bonchev–Trinajstić information content (AvgIpc) is 3.38. The van der Waals surface area contributed by atoms with Gasteiger partial charge in [0.25, 0.3) is 0 Å². The van der Waals surface area contributed by atoms with E-state index in [-0.39, 0.29) is 69.7 Å².